The number of esters is 1. The molecule has 1 N–H and O–H groups in total. The van der Waals surface area contributed by atoms with Crippen molar-refractivity contribution in [2.45, 2.75) is 91.8 Å². The molecule has 3 heteroatoms. The Morgan fingerprint density at radius 2 is 1.96 bits per heavy atom. The van der Waals surface area contributed by atoms with E-state index < -0.39 is 5.60 Å². The van der Waals surface area contributed by atoms with E-state index in [1.807, 2.05) is 0 Å². The van der Waals surface area contributed by atoms with Gasteiger partial charge in [0.15, 0.2) is 0 Å². The van der Waals surface area contributed by atoms with Gasteiger partial charge in [-0.2, -0.15) is 0 Å². The molecular formula is C22H36O3. The van der Waals surface area contributed by atoms with Gasteiger partial charge in [0.05, 0.1) is 5.60 Å². The zero-order valence-corrected chi connectivity index (χ0v) is 16.9. The van der Waals surface area contributed by atoms with Gasteiger partial charge in [-0.05, 0) is 69.3 Å². The monoisotopic (exact) mass is 348 g/mol. The second-order valence-electron chi connectivity index (χ2n) is 9.01. The minimum Gasteiger partial charge on any atom is -0.458 e. The van der Waals surface area contributed by atoms with Crippen molar-refractivity contribution in [3.05, 3.63) is 23.3 Å². The van der Waals surface area contributed by atoms with Crippen molar-refractivity contribution < 1.29 is 14.6 Å². The highest BCUT2D eigenvalue weighted by Crippen LogP contribution is 2.56. The van der Waals surface area contributed by atoms with Gasteiger partial charge in [-0.1, -0.05) is 38.0 Å². The van der Waals surface area contributed by atoms with E-state index in [-0.39, 0.29) is 23.4 Å². The van der Waals surface area contributed by atoms with E-state index in [0.717, 1.165) is 38.5 Å². The van der Waals surface area contributed by atoms with Gasteiger partial charge in [0.1, 0.15) is 6.10 Å². The molecule has 0 aliphatic heterocycles. The van der Waals surface area contributed by atoms with E-state index >= 15 is 0 Å². The minimum atomic E-state index is -0.569. The molecule has 0 aromatic rings. The largest absolute Gasteiger partial charge is 0.458 e. The lowest BCUT2D eigenvalue weighted by Crippen LogP contribution is -2.43. The second-order valence-corrected chi connectivity index (χ2v) is 9.01. The van der Waals surface area contributed by atoms with Crippen LogP contribution in [-0.4, -0.2) is 22.8 Å². The molecule has 0 spiro atoms. The first kappa shape index (κ1) is 20.2. The van der Waals surface area contributed by atoms with E-state index in [4.69, 9.17) is 4.74 Å². The Labute approximate surface area is 153 Å². The van der Waals surface area contributed by atoms with Crippen molar-refractivity contribution in [1.29, 1.82) is 0 Å². The number of fused-ring (bicyclic) bond motifs is 1. The SMILES string of the molecule is CC(=O)O[C@@H]1/C=C(\C)CC[C@@H]2[C@@](C)(C/C=C(\C)C1)CC[C@]2(O)C(C)C. The second kappa shape index (κ2) is 7.65. The number of rotatable bonds is 2. The maximum atomic E-state index is 11.4. The van der Waals surface area contributed by atoms with Gasteiger partial charge >= 0.3 is 5.97 Å². The number of carbonyl (C=O) groups excluding carboxylic acids is 1. The van der Waals surface area contributed by atoms with Crippen LogP contribution in [0.15, 0.2) is 23.3 Å². The fourth-order valence-corrected chi connectivity index (χ4v) is 4.90. The van der Waals surface area contributed by atoms with E-state index in [1.165, 1.54) is 18.1 Å². The van der Waals surface area contributed by atoms with Crippen LogP contribution in [-0.2, 0) is 9.53 Å². The zero-order chi connectivity index (χ0) is 18.8. The summed E-state index contributed by atoms with van der Waals surface area (Å²) < 4.78 is 5.50. The molecule has 0 heterocycles. The lowest BCUT2D eigenvalue weighted by molar-refractivity contribution is -0.144. The maximum Gasteiger partial charge on any atom is 0.303 e. The quantitative estimate of drug-likeness (QED) is 0.552. The first-order chi connectivity index (χ1) is 11.6. The molecule has 2 aliphatic carbocycles. The Bertz CT molecular complexity index is 560. The Hall–Kier alpha value is -1.09. The molecule has 0 amide bonds. The molecule has 1 fully saturated rings. The van der Waals surface area contributed by atoms with Crippen LogP contribution in [0, 0.1) is 17.3 Å². The standard InChI is InChI=1S/C22H36O3/c1-15(2)22(24)12-11-21(6)10-9-17(4)14-19(25-18(5)23)13-16(3)7-8-20(21)22/h9,13,15,19-20,24H,7-8,10-12,14H2,1-6H3/b16-13+,17-9+/t19-,20-,21+,22+/m1/s1. The Kier molecular flexibility index (Phi) is 6.19. The van der Waals surface area contributed by atoms with Crippen molar-refractivity contribution in [2.75, 3.05) is 0 Å². The highest BCUT2D eigenvalue weighted by Gasteiger charge is 2.54. The fraction of sp³-hybridized carbons (Fsp3) is 0.773. The Morgan fingerprint density at radius 3 is 2.56 bits per heavy atom. The topological polar surface area (TPSA) is 46.5 Å². The molecular weight excluding hydrogens is 312 g/mol. The lowest BCUT2D eigenvalue weighted by atomic mass is 9.67. The smallest absolute Gasteiger partial charge is 0.303 e. The molecule has 4 atom stereocenters. The van der Waals surface area contributed by atoms with Crippen LogP contribution in [0.5, 0.6) is 0 Å². The van der Waals surface area contributed by atoms with Crippen molar-refractivity contribution in [1.82, 2.24) is 0 Å². The van der Waals surface area contributed by atoms with Crippen molar-refractivity contribution >= 4 is 5.97 Å². The first-order valence-electron chi connectivity index (χ1n) is 9.79. The lowest BCUT2D eigenvalue weighted by Gasteiger charge is -2.41. The predicted octanol–water partition coefficient (Wildman–Crippen LogP) is 5.19. The van der Waals surface area contributed by atoms with E-state index in [9.17, 15) is 9.90 Å². The predicted molar refractivity (Wildman–Crippen MR) is 102 cm³/mol. The number of hydrogen-bond acceptors (Lipinski definition) is 3. The van der Waals surface area contributed by atoms with Crippen LogP contribution in [0.1, 0.15) is 80.1 Å². The van der Waals surface area contributed by atoms with Crippen molar-refractivity contribution in [3.63, 3.8) is 0 Å². The summed E-state index contributed by atoms with van der Waals surface area (Å²) in [5, 5.41) is 11.4. The van der Waals surface area contributed by atoms with Crippen LogP contribution in [0.4, 0.5) is 0 Å². The minimum absolute atomic E-state index is 0.141. The summed E-state index contributed by atoms with van der Waals surface area (Å²) in [7, 11) is 0. The molecule has 2 aliphatic rings. The summed E-state index contributed by atoms with van der Waals surface area (Å²) in [4.78, 5) is 11.4. The van der Waals surface area contributed by atoms with Crippen LogP contribution < -0.4 is 0 Å². The molecule has 2 rings (SSSR count). The highest BCUT2D eigenvalue weighted by molar-refractivity contribution is 5.66. The maximum absolute atomic E-state index is 11.4. The average Bonchev–Trinajstić information content (AvgIpc) is 2.74. The van der Waals surface area contributed by atoms with Crippen LogP contribution in [0.2, 0.25) is 0 Å². The Morgan fingerprint density at radius 1 is 1.28 bits per heavy atom. The van der Waals surface area contributed by atoms with Gasteiger partial charge in [-0.15, -0.1) is 0 Å². The van der Waals surface area contributed by atoms with Gasteiger partial charge in [0.25, 0.3) is 0 Å². The van der Waals surface area contributed by atoms with Gasteiger partial charge in [-0.25, -0.2) is 0 Å². The summed E-state index contributed by atoms with van der Waals surface area (Å²) in [6, 6.07) is 0. The molecule has 0 radical (unpaired) electrons. The van der Waals surface area contributed by atoms with E-state index in [2.05, 4.69) is 46.8 Å². The fourth-order valence-electron chi connectivity index (χ4n) is 4.90. The molecule has 0 aromatic carbocycles. The first-order valence-corrected chi connectivity index (χ1v) is 9.79. The van der Waals surface area contributed by atoms with Gasteiger partial charge < -0.3 is 9.84 Å². The molecule has 0 unspecified atom stereocenters. The van der Waals surface area contributed by atoms with E-state index in [1.54, 1.807) is 0 Å². The number of hydrogen-bond donors (Lipinski definition) is 1. The van der Waals surface area contributed by atoms with Crippen molar-refractivity contribution in [3.8, 4) is 0 Å². The van der Waals surface area contributed by atoms with Crippen LogP contribution in [0.25, 0.3) is 0 Å². The summed E-state index contributed by atoms with van der Waals surface area (Å²) in [5.41, 5.74) is 2.08. The summed E-state index contributed by atoms with van der Waals surface area (Å²) >= 11 is 0. The summed E-state index contributed by atoms with van der Waals surface area (Å²) in [6.45, 7) is 12.4. The number of carbonyl (C=O) groups is 1. The third-order valence-corrected chi connectivity index (χ3v) is 6.60. The third-order valence-electron chi connectivity index (χ3n) is 6.60. The summed E-state index contributed by atoms with van der Waals surface area (Å²) in [5.74, 6) is 0.347. The molecule has 3 nitrogen and oxygen atoms in total. The number of ether oxygens (including phenoxy) is 1. The highest BCUT2D eigenvalue weighted by atomic mass is 16.5. The number of aliphatic hydroxyl groups is 1. The molecule has 142 valence electrons. The molecule has 0 bridgehead atoms. The van der Waals surface area contributed by atoms with Crippen LogP contribution >= 0.6 is 0 Å². The average molecular weight is 349 g/mol. The van der Waals surface area contributed by atoms with Gasteiger partial charge in [-0.3, -0.25) is 4.79 Å². The van der Waals surface area contributed by atoms with Crippen LogP contribution in [0.3, 0.4) is 0 Å². The normalized spacial score (nSPS) is 41.1. The van der Waals surface area contributed by atoms with Gasteiger partial charge in [0, 0.05) is 13.3 Å². The van der Waals surface area contributed by atoms with Crippen molar-refractivity contribution in [2.24, 2.45) is 17.3 Å². The van der Waals surface area contributed by atoms with Gasteiger partial charge in [0.2, 0.25) is 0 Å². The molecule has 1 saturated carbocycles. The molecule has 25 heavy (non-hydrogen) atoms. The number of allylic oxidation sites excluding steroid dienone is 2. The third kappa shape index (κ3) is 4.55. The summed E-state index contributed by atoms with van der Waals surface area (Å²) in [6.07, 6.45) is 9.90. The Balaban J connectivity index is 2.33. The van der Waals surface area contributed by atoms with E-state index in [0.29, 0.717) is 5.92 Å². The molecule has 0 saturated heterocycles. The zero-order valence-electron chi connectivity index (χ0n) is 16.9. The molecule has 0 aromatic heterocycles.